The maximum atomic E-state index is 6.59. The highest BCUT2D eigenvalue weighted by molar-refractivity contribution is 6.08. The number of hydrogen-bond donors (Lipinski definition) is 0. The van der Waals surface area contributed by atoms with Gasteiger partial charge in [-0.2, -0.15) is 0 Å². The van der Waals surface area contributed by atoms with Crippen molar-refractivity contribution in [2.24, 2.45) is 0 Å². The van der Waals surface area contributed by atoms with Gasteiger partial charge in [0.1, 0.15) is 11.2 Å². The normalized spacial score (nSPS) is 13.0. The van der Waals surface area contributed by atoms with Crippen molar-refractivity contribution < 1.29 is 4.42 Å². The number of benzene rings is 10. The molecule has 0 unspecified atom stereocenters. The lowest BCUT2D eigenvalue weighted by molar-refractivity contribution is 0.669. The summed E-state index contributed by atoms with van der Waals surface area (Å²) in [6, 6.07) is 82.3. The molecule has 1 heterocycles. The van der Waals surface area contributed by atoms with E-state index in [2.05, 4.69) is 223 Å². The van der Waals surface area contributed by atoms with Crippen LogP contribution in [0.3, 0.4) is 0 Å². The van der Waals surface area contributed by atoms with E-state index in [4.69, 9.17) is 4.42 Å². The van der Waals surface area contributed by atoms with Crippen molar-refractivity contribution in [3.63, 3.8) is 0 Å². The lowest BCUT2D eigenvalue weighted by Gasteiger charge is -2.32. The Morgan fingerprint density at radius 3 is 1.72 bits per heavy atom. The highest BCUT2D eigenvalue weighted by atomic mass is 16.3. The van der Waals surface area contributed by atoms with Crippen molar-refractivity contribution >= 4 is 49.8 Å². The molecule has 0 N–H and O–H groups in total. The summed E-state index contributed by atoms with van der Waals surface area (Å²) >= 11 is 0. The van der Waals surface area contributed by atoms with Crippen LogP contribution in [0.5, 0.6) is 0 Å². The lowest BCUT2D eigenvalue weighted by atomic mass is 9.70. The maximum absolute atomic E-state index is 6.59. The number of nitrogens with zero attached hydrogens (tertiary/aromatic N) is 1. The van der Waals surface area contributed by atoms with E-state index in [1.807, 2.05) is 6.07 Å². The molecule has 11 aromatic rings. The second-order valence-corrected chi connectivity index (χ2v) is 16.3. The van der Waals surface area contributed by atoms with E-state index in [9.17, 15) is 0 Å². The standard InChI is InChI=1S/C59H37NO/c1-2-17-39(18-3-1)57-43-21-5-4-16-38(43)32-34-44(57)40-19-14-20-41(36-40)60(42-33-35-48-47-24-9-13-31-55(47)61-56(48)37-42)54-30-15-29-53-58(54)49-25-8-12-28-52(49)59(53)50-26-10-6-22-45(50)46-23-7-11-27-51(46)59/h1-37H. The molecular formula is C59H37NO. The van der Waals surface area contributed by atoms with Crippen LogP contribution in [0.1, 0.15) is 22.3 Å². The first kappa shape index (κ1) is 34.0. The Morgan fingerprint density at radius 1 is 0.328 bits per heavy atom. The molecule has 0 saturated heterocycles. The average Bonchev–Trinajstić information content (AvgIpc) is 3.96. The molecule has 1 spiro atoms. The molecule has 2 aliphatic rings. The van der Waals surface area contributed by atoms with Gasteiger partial charge < -0.3 is 9.32 Å². The number of hydrogen-bond acceptors (Lipinski definition) is 2. The van der Waals surface area contributed by atoms with Crippen molar-refractivity contribution in [2.75, 3.05) is 4.90 Å². The van der Waals surface area contributed by atoms with E-state index >= 15 is 0 Å². The summed E-state index contributed by atoms with van der Waals surface area (Å²) in [5, 5.41) is 4.70. The minimum atomic E-state index is -0.457. The molecule has 0 aliphatic heterocycles. The highest BCUT2D eigenvalue weighted by Gasteiger charge is 2.52. The number of anilines is 3. The van der Waals surface area contributed by atoms with Gasteiger partial charge in [0, 0.05) is 33.8 Å². The monoisotopic (exact) mass is 775 g/mol. The van der Waals surface area contributed by atoms with Gasteiger partial charge in [-0.15, -0.1) is 0 Å². The van der Waals surface area contributed by atoms with Crippen LogP contribution in [0.25, 0.3) is 77.2 Å². The summed E-state index contributed by atoms with van der Waals surface area (Å²) in [6.45, 7) is 0. The van der Waals surface area contributed by atoms with Gasteiger partial charge in [-0.05, 0) is 108 Å². The molecule has 0 bridgehead atoms. The zero-order chi connectivity index (χ0) is 40.1. The Bertz CT molecular complexity index is 3510. The zero-order valence-corrected chi connectivity index (χ0v) is 33.2. The van der Waals surface area contributed by atoms with E-state index in [-0.39, 0.29) is 0 Å². The minimum Gasteiger partial charge on any atom is -0.456 e. The maximum Gasteiger partial charge on any atom is 0.137 e. The fourth-order valence-corrected chi connectivity index (χ4v) is 10.8. The minimum absolute atomic E-state index is 0.457. The molecule has 284 valence electrons. The molecule has 2 nitrogen and oxygen atoms in total. The number of para-hydroxylation sites is 1. The molecule has 10 aromatic carbocycles. The predicted molar refractivity (Wildman–Crippen MR) is 253 cm³/mol. The third kappa shape index (κ3) is 4.79. The van der Waals surface area contributed by atoms with Crippen LogP contribution < -0.4 is 4.90 Å². The quantitative estimate of drug-likeness (QED) is 0.173. The average molecular weight is 776 g/mol. The number of furan rings is 1. The molecule has 1 aromatic heterocycles. The van der Waals surface area contributed by atoms with Gasteiger partial charge in [0.25, 0.3) is 0 Å². The Hall–Kier alpha value is -7.94. The summed E-state index contributed by atoms with van der Waals surface area (Å²) < 4.78 is 6.59. The van der Waals surface area contributed by atoms with Crippen LogP contribution in [0, 0.1) is 0 Å². The molecule has 13 rings (SSSR count). The smallest absolute Gasteiger partial charge is 0.137 e. The Balaban J connectivity index is 1.09. The molecule has 0 radical (unpaired) electrons. The van der Waals surface area contributed by atoms with Gasteiger partial charge in [-0.1, -0.05) is 182 Å². The second kappa shape index (κ2) is 13.0. The SMILES string of the molecule is c1ccc(-c2c(-c3cccc(N(c4ccc5c(c4)oc4ccccc45)c4cccc5c4-c4ccccc4C54c5ccccc5-c5ccccc54)c3)ccc3ccccc23)cc1. The first-order chi connectivity index (χ1) is 30.3. The molecule has 0 saturated carbocycles. The van der Waals surface area contributed by atoms with Gasteiger partial charge in [0.15, 0.2) is 0 Å². The van der Waals surface area contributed by atoms with E-state index < -0.39 is 5.41 Å². The van der Waals surface area contributed by atoms with Crippen LogP contribution in [0.15, 0.2) is 229 Å². The summed E-state index contributed by atoms with van der Waals surface area (Å²) in [5.74, 6) is 0. The summed E-state index contributed by atoms with van der Waals surface area (Å²) in [7, 11) is 0. The van der Waals surface area contributed by atoms with E-state index in [0.29, 0.717) is 0 Å². The number of rotatable bonds is 5. The van der Waals surface area contributed by atoms with Crippen LogP contribution in [0.2, 0.25) is 0 Å². The fraction of sp³-hybridized carbons (Fsp3) is 0.0169. The molecule has 0 fully saturated rings. The molecule has 61 heavy (non-hydrogen) atoms. The predicted octanol–water partition coefficient (Wildman–Crippen LogP) is 15.9. The van der Waals surface area contributed by atoms with Gasteiger partial charge >= 0.3 is 0 Å². The van der Waals surface area contributed by atoms with Gasteiger partial charge in [0.05, 0.1) is 11.1 Å². The van der Waals surface area contributed by atoms with Gasteiger partial charge in [-0.3, -0.25) is 0 Å². The summed E-state index contributed by atoms with van der Waals surface area (Å²) in [6.07, 6.45) is 0. The molecule has 2 heteroatoms. The fourth-order valence-electron chi connectivity index (χ4n) is 10.8. The van der Waals surface area contributed by atoms with Crippen molar-refractivity contribution in [1.82, 2.24) is 0 Å². The lowest BCUT2D eigenvalue weighted by Crippen LogP contribution is -2.26. The Kier molecular flexibility index (Phi) is 7.26. The van der Waals surface area contributed by atoms with Crippen molar-refractivity contribution in [3.05, 3.63) is 247 Å². The molecule has 0 atom stereocenters. The van der Waals surface area contributed by atoms with Crippen LogP contribution >= 0.6 is 0 Å². The van der Waals surface area contributed by atoms with Gasteiger partial charge in [0.2, 0.25) is 0 Å². The van der Waals surface area contributed by atoms with Crippen LogP contribution in [0.4, 0.5) is 17.1 Å². The van der Waals surface area contributed by atoms with Crippen molar-refractivity contribution in [3.8, 4) is 44.5 Å². The third-order valence-corrected chi connectivity index (χ3v) is 13.3. The third-order valence-electron chi connectivity index (χ3n) is 13.3. The topological polar surface area (TPSA) is 16.4 Å². The summed E-state index contributed by atoms with van der Waals surface area (Å²) in [4.78, 5) is 2.46. The first-order valence-electron chi connectivity index (χ1n) is 21.1. The van der Waals surface area contributed by atoms with Gasteiger partial charge in [-0.25, -0.2) is 0 Å². The molecular weight excluding hydrogens is 739 g/mol. The second-order valence-electron chi connectivity index (χ2n) is 16.3. The van der Waals surface area contributed by atoms with Crippen LogP contribution in [-0.4, -0.2) is 0 Å². The Labute approximate surface area is 354 Å². The molecule has 2 aliphatic carbocycles. The van der Waals surface area contributed by atoms with E-state index in [1.165, 1.54) is 72.0 Å². The largest absolute Gasteiger partial charge is 0.456 e. The van der Waals surface area contributed by atoms with Crippen molar-refractivity contribution in [2.45, 2.75) is 5.41 Å². The number of fused-ring (bicyclic) bond motifs is 14. The molecule has 0 amide bonds. The van der Waals surface area contributed by atoms with Crippen molar-refractivity contribution in [1.29, 1.82) is 0 Å². The zero-order valence-electron chi connectivity index (χ0n) is 33.2. The highest BCUT2D eigenvalue weighted by Crippen LogP contribution is 2.64. The van der Waals surface area contributed by atoms with Crippen LogP contribution in [-0.2, 0) is 5.41 Å². The van der Waals surface area contributed by atoms with E-state index in [1.54, 1.807) is 0 Å². The Morgan fingerprint density at radius 2 is 0.918 bits per heavy atom. The first-order valence-corrected chi connectivity index (χ1v) is 21.1. The van der Waals surface area contributed by atoms with E-state index in [0.717, 1.165) is 44.6 Å². The summed E-state index contributed by atoms with van der Waals surface area (Å²) in [5.41, 5.74) is 19.7.